The van der Waals surface area contributed by atoms with Gasteiger partial charge in [-0.25, -0.2) is 9.37 Å². The Kier molecular flexibility index (Phi) is 4.59. The second-order valence-corrected chi connectivity index (χ2v) is 4.34. The van der Waals surface area contributed by atoms with Crippen molar-refractivity contribution in [1.82, 2.24) is 10.3 Å². The average molecular weight is 297 g/mol. The van der Waals surface area contributed by atoms with Crippen LogP contribution in [0.25, 0.3) is 11.3 Å². The zero-order valence-electron chi connectivity index (χ0n) is 11.2. The molecule has 0 saturated heterocycles. The molecule has 2 rings (SSSR count). The van der Waals surface area contributed by atoms with E-state index in [0.29, 0.717) is 18.5 Å². The number of rotatable bonds is 6. The van der Waals surface area contributed by atoms with Crippen molar-refractivity contribution >= 4 is 5.69 Å². The molecule has 0 amide bonds. The van der Waals surface area contributed by atoms with Gasteiger partial charge >= 0.3 is 5.69 Å². The molecule has 1 aromatic carbocycles. The van der Waals surface area contributed by atoms with Crippen LogP contribution in [0.2, 0.25) is 0 Å². The number of halogens is 2. The summed E-state index contributed by atoms with van der Waals surface area (Å²) in [4.78, 5) is 13.6. The number of nitrogens with zero attached hydrogens (tertiary/aromatic N) is 2. The molecule has 112 valence electrons. The van der Waals surface area contributed by atoms with Crippen molar-refractivity contribution in [2.75, 3.05) is 6.54 Å². The number of nitro benzene ring substituents is 1. The van der Waals surface area contributed by atoms with Crippen LogP contribution >= 0.6 is 0 Å². The van der Waals surface area contributed by atoms with E-state index in [-0.39, 0.29) is 11.3 Å². The van der Waals surface area contributed by atoms with Crippen LogP contribution in [-0.4, -0.2) is 16.5 Å². The van der Waals surface area contributed by atoms with Gasteiger partial charge in [0.2, 0.25) is 11.7 Å². The Morgan fingerprint density at radius 1 is 1.43 bits per heavy atom. The molecule has 8 heteroatoms. The van der Waals surface area contributed by atoms with Crippen LogP contribution in [0.4, 0.5) is 14.5 Å². The van der Waals surface area contributed by atoms with Gasteiger partial charge in [-0.3, -0.25) is 10.1 Å². The molecule has 0 aliphatic rings. The molecule has 2 aromatic rings. The molecule has 0 unspecified atom stereocenters. The van der Waals surface area contributed by atoms with E-state index in [4.69, 9.17) is 4.42 Å². The highest BCUT2D eigenvalue weighted by molar-refractivity contribution is 5.62. The summed E-state index contributed by atoms with van der Waals surface area (Å²) >= 11 is 0. The van der Waals surface area contributed by atoms with E-state index in [1.54, 1.807) is 0 Å². The fourth-order valence-electron chi connectivity index (χ4n) is 1.78. The molecule has 0 aliphatic heterocycles. The molecule has 1 N–H and O–H groups in total. The first kappa shape index (κ1) is 15.0. The van der Waals surface area contributed by atoms with Gasteiger partial charge in [-0.05, 0) is 19.0 Å². The molecule has 6 nitrogen and oxygen atoms in total. The third-order valence-corrected chi connectivity index (χ3v) is 2.74. The first-order chi connectivity index (χ1) is 10.0. The van der Waals surface area contributed by atoms with Crippen molar-refractivity contribution in [3.8, 4) is 11.3 Å². The predicted molar refractivity (Wildman–Crippen MR) is 70.5 cm³/mol. The summed E-state index contributed by atoms with van der Waals surface area (Å²) in [5.74, 6) is -1.82. The number of oxazole rings is 1. The second kappa shape index (κ2) is 6.40. The molecule has 0 bridgehead atoms. The van der Waals surface area contributed by atoms with Gasteiger partial charge in [-0.2, -0.15) is 4.39 Å². The van der Waals surface area contributed by atoms with Crippen molar-refractivity contribution in [1.29, 1.82) is 0 Å². The molecule has 1 heterocycles. The second-order valence-electron chi connectivity index (χ2n) is 4.34. The van der Waals surface area contributed by atoms with Crippen molar-refractivity contribution in [2.45, 2.75) is 19.9 Å². The largest absolute Gasteiger partial charge is 0.439 e. The monoisotopic (exact) mass is 297 g/mol. The van der Waals surface area contributed by atoms with Gasteiger partial charge in [0.05, 0.1) is 29.3 Å². The van der Waals surface area contributed by atoms with Gasteiger partial charge in [0.15, 0.2) is 5.76 Å². The first-order valence-electron chi connectivity index (χ1n) is 6.32. The number of nitro groups is 1. The standard InChI is InChI=1S/C13H13F2N3O3/c1-2-3-16-7-12-17-6-11(21-12)9-4-8(14)5-10(13(9)15)18(19)20/h4-6,16H,2-3,7H2,1H3. The summed E-state index contributed by atoms with van der Waals surface area (Å²) in [7, 11) is 0. The Hall–Kier alpha value is -2.35. The third kappa shape index (κ3) is 3.40. The van der Waals surface area contributed by atoms with E-state index in [0.717, 1.165) is 19.0 Å². The lowest BCUT2D eigenvalue weighted by Gasteiger charge is -2.01. The van der Waals surface area contributed by atoms with E-state index in [9.17, 15) is 18.9 Å². The highest BCUT2D eigenvalue weighted by Gasteiger charge is 2.23. The van der Waals surface area contributed by atoms with Gasteiger partial charge in [-0.1, -0.05) is 6.92 Å². The SMILES string of the molecule is CCCNCc1ncc(-c2cc(F)cc([N+](=O)[O-])c2F)o1. The van der Waals surface area contributed by atoms with Gasteiger partial charge < -0.3 is 9.73 Å². The molecule has 1 aromatic heterocycles. The fraction of sp³-hybridized carbons (Fsp3) is 0.308. The maximum absolute atomic E-state index is 14.0. The Morgan fingerprint density at radius 2 is 2.19 bits per heavy atom. The first-order valence-corrected chi connectivity index (χ1v) is 6.32. The van der Waals surface area contributed by atoms with Crippen molar-refractivity contribution in [3.05, 3.63) is 46.0 Å². The van der Waals surface area contributed by atoms with Crippen LogP contribution in [-0.2, 0) is 6.54 Å². The third-order valence-electron chi connectivity index (χ3n) is 2.74. The van der Waals surface area contributed by atoms with E-state index >= 15 is 0 Å². The highest BCUT2D eigenvalue weighted by atomic mass is 19.1. The molecule has 21 heavy (non-hydrogen) atoms. The van der Waals surface area contributed by atoms with Gasteiger partial charge in [0, 0.05) is 0 Å². The Morgan fingerprint density at radius 3 is 2.86 bits per heavy atom. The summed E-state index contributed by atoms with van der Waals surface area (Å²) in [6.07, 6.45) is 2.14. The molecule has 0 atom stereocenters. The van der Waals surface area contributed by atoms with E-state index in [2.05, 4.69) is 10.3 Å². The van der Waals surface area contributed by atoms with Crippen molar-refractivity contribution in [3.63, 3.8) is 0 Å². The number of nitrogens with one attached hydrogen (secondary N) is 1. The lowest BCUT2D eigenvalue weighted by molar-refractivity contribution is -0.387. The average Bonchev–Trinajstić information content (AvgIpc) is 2.89. The lowest BCUT2D eigenvalue weighted by atomic mass is 10.1. The van der Waals surface area contributed by atoms with Crippen molar-refractivity contribution in [2.24, 2.45) is 0 Å². The predicted octanol–water partition coefficient (Wildman–Crippen LogP) is 3.03. The van der Waals surface area contributed by atoms with Crippen LogP contribution in [0.3, 0.4) is 0 Å². The highest BCUT2D eigenvalue weighted by Crippen LogP contribution is 2.30. The van der Waals surface area contributed by atoms with Gasteiger partial charge in [0.1, 0.15) is 5.82 Å². The summed E-state index contributed by atoms with van der Waals surface area (Å²) < 4.78 is 32.6. The van der Waals surface area contributed by atoms with Crippen LogP contribution in [0, 0.1) is 21.7 Å². The lowest BCUT2D eigenvalue weighted by Crippen LogP contribution is -2.13. The quantitative estimate of drug-likeness (QED) is 0.503. The zero-order valence-corrected chi connectivity index (χ0v) is 11.2. The van der Waals surface area contributed by atoms with E-state index in [1.165, 1.54) is 6.20 Å². The number of hydrogen-bond acceptors (Lipinski definition) is 5. The Bertz CT molecular complexity index is 658. The molecule has 0 saturated carbocycles. The number of benzene rings is 1. The molecular weight excluding hydrogens is 284 g/mol. The van der Waals surface area contributed by atoms with Crippen LogP contribution in [0.1, 0.15) is 19.2 Å². The summed E-state index contributed by atoms with van der Waals surface area (Å²) in [6, 6.07) is 1.37. The number of aromatic nitrogens is 1. The van der Waals surface area contributed by atoms with E-state index in [1.807, 2.05) is 6.92 Å². The smallest absolute Gasteiger partial charge is 0.308 e. The van der Waals surface area contributed by atoms with Crippen LogP contribution in [0.15, 0.2) is 22.7 Å². The van der Waals surface area contributed by atoms with E-state index < -0.39 is 22.2 Å². The minimum atomic E-state index is -1.15. The summed E-state index contributed by atoms with van der Waals surface area (Å²) in [5.41, 5.74) is -1.26. The molecule has 0 spiro atoms. The molecular formula is C13H13F2N3O3. The summed E-state index contributed by atoms with van der Waals surface area (Å²) in [5, 5.41) is 13.7. The van der Waals surface area contributed by atoms with Gasteiger partial charge in [0.25, 0.3) is 0 Å². The molecule has 0 aliphatic carbocycles. The fourth-order valence-corrected chi connectivity index (χ4v) is 1.78. The topological polar surface area (TPSA) is 81.2 Å². The number of hydrogen-bond donors (Lipinski definition) is 1. The normalized spacial score (nSPS) is 10.8. The maximum atomic E-state index is 14.0. The zero-order chi connectivity index (χ0) is 15.4. The van der Waals surface area contributed by atoms with Gasteiger partial charge in [-0.15, -0.1) is 0 Å². The maximum Gasteiger partial charge on any atom is 0.308 e. The molecule has 0 fully saturated rings. The summed E-state index contributed by atoms with van der Waals surface area (Å²) in [6.45, 7) is 3.10. The minimum Gasteiger partial charge on any atom is -0.439 e. The van der Waals surface area contributed by atoms with Crippen molar-refractivity contribution < 1.29 is 18.1 Å². The Labute approximate surface area is 118 Å². The minimum absolute atomic E-state index is 0.0524. The Balaban J connectivity index is 2.32. The molecule has 0 radical (unpaired) electrons. The van der Waals surface area contributed by atoms with Crippen LogP contribution in [0.5, 0.6) is 0 Å². The van der Waals surface area contributed by atoms with Crippen LogP contribution < -0.4 is 5.32 Å².